The first-order valence-electron chi connectivity index (χ1n) is 5.28. The number of hydrogen-bond donors (Lipinski definition) is 1. The van der Waals surface area contributed by atoms with Crippen LogP contribution in [-0.2, 0) is 0 Å². The van der Waals surface area contributed by atoms with Crippen LogP contribution < -0.4 is 0 Å². The molecule has 2 heterocycles. The maximum Gasteiger partial charge on any atom is 0.195 e. The maximum atomic E-state index is 5.29. The summed E-state index contributed by atoms with van der Waals surface area (Å²) in [5.74, 6) is 1.43. The van der Waals surface area contributed by atoms with Gasteiger partial charge < -0.3 is 0 Å². The Morgan fingerprint density at radius 2 is 2.25 bits per heavy atom. The zero-order chi connectivity index (χ0) is 11.7. The highest BCUT2D eigenvalue weighted by Gasteiger charge is 2.21. The lowest BCUT2D eigenvalue weighted by Crippen LogP contribution is -2.17. The average molecular weight is 253 g/mol. The molecular weight excluding hydrogens is 238 g/mol. The summed E-state index contributed by atoms with van der Waals surface area (Å²) in [5, 5.41) is 9.14. The average Bonchev–Trinajstić information content (AvgIpc) is 2.82. The monoisotopic (exact) mass is 253 g/mol. The van der Waals surface area contributed by atoms with Gasteiger partial charge in [-0.15, -0.1) is 11.3 Å². The Morgan fingerprint density at radius 1 is 1.50 bits per heavy atom. The maximum absolute atomic E-state index is 5.29. The molecule has 0 fully saturated rings. The molecule has 1 unspecified atom stereocenters. The molecule has 0 bridgehead atoms. The summed E-state index contributed by atoms with van der Waals surface area (Å²) in [6.07, 6.45) is 0. The first kappa shape index (κ1) is 11.5. The Labute approximate surface area is 104 Å². The van der Waals surface area contributed by atoms with Crippen LogP contribution in [0.2, 0.25) is 0 Å². The van der Waals surface area contributed by atoms with E-state index in [2.05, 4.69) is 46.1 Å². The van der Waals surface area contributed by atoms with Crippen LogP contribution in [0.4, 0.5) is 0 Å². The predicted octanol–water partition coefficient (Wildman–Crippen LogP) is 3.56. The molecule has 5 heteroatoms. The van der Waals surface area contributed by atoms with E-state index in [9.17, 15) is 0 Å². The van der Waals surface area contributed by atoms with Crippen molar-refractivity contribution < 1.29 is 0 Å². The summed E-state index contributed by atoms with van der Waals surface area (Å²) in [7, 11) is 0. The number of rotatable bonds is 3. The molecule has 0 aliphatic heterocycles. The van der Waals surface area contributed by atoms with Crippen LogP contribution in [0.3, 0.4) is 0 Å². The fourth-order valence-electron chi connectivity index (χ4n) is 1.92. The normalized spacial score (nSPS) is 13.2. The van der Waals surface area contributed by atoms with E-state index < -0.39 is 0 Å². The van der Waals surface area contributed by atoms with Crippen molar-refractivity contribution >= 4 is 23.6 Å². The third kappa shape index (κ3) is 1.97. The van der Waals surface area contributed by atoms with Crippen LogP contribution >= 0.6 is 23.6 Å². The van der Waals surface area contributed by atoms with Crippen molar-refractivity contribution in [2.24, 2.45) is 5.92 Å². The van der Waals surface area contributed by atoms with Crippen molar-refractivity contribution in [1.29, 1.82) is 0 Å². The molecule has 0 aliphatic carbocycles. The lowest BCUT2D eigenvalue weighted by Gasteiger charge is -2.21. The Bertz CT molecular complexity index is 508. The molecule has 0 saturated carbocycles. The second-order valence-electron chi connectivity index (χ2n) is 4.15. The van der Waals surface area contributed by atoms with E-state index in [1.165, 1.54) is 4.88 Å². The van der Waals surface area contributed by atoms with Crippen molar-refractivity contribution in [1.82, 2.24) is 14.8 Å². The number of hydrogen-bond acceptors (Lipinski definition) is 3. The van der Waals surface area contributed by atoms with Gasteiger partial charge in [-0.1, -0.05) is 19.9 Å². The molecule has 0 saturated heterocycles. The zero-order valence-corrected chi connectivity index (χ0v) is 11.2. The molecule has 0 amide bonds. The summed E-state index contributed by atoms with van der Waals surface area (Å²) in [6.45, 7) is 6.40. The Balaban J connectivity index is 2.54. The van der Waals surface area contributed by atoms with Crippen LogP contribution in [0.15, 0.2) is 17.5 Å². The van der Waals surface area contributed by atoms with Gasteiger partial charge in [0, 0.05) is 4.88 Å². The molecule has 1 N–H and O–H groups in total. The number of aryl methyl sites for hydroxylation is 1. The number of nitrogens with one attached hydrogen (secondary N) is 1. The molecule has 0 aromatic carbocycles. The van der Waals surface area contributed by atoms with Crippen molar-refractivity contribution in [2.45, 2.75) is 26.8 Å². The van der Waals surface area contributed by atoms with E-state index in [1.54, 1.807) is 11.3 Å². The van der Waals surface area contributed by atoms with Gasteiger partial charge in [0.05, 0.1) is 6.04 Å². The fraction of sp³-hybridized carbons (Fsp3) is 0.455. The van der Waals surface area contributed by atoms with Crippen molar-refractivity contribution in [3.63, 3.8) is 0 Å². The largest absolute Gasteiger partial charge is 0.296 e. The van der Waals surface area contributed by atoms with Crippen LogP contribution in [0, 0.1) is 17.6 Å². The Kier molecular flexibility index (Phi) is 3.25. The van der Waals surface area contributed by atoms with Crippen LogP contribution in [0.25, 0.3) is 0 Å². The summed E-state index contributed by atoms with van der Waals surface area (Å²) in [6, 6.07) is 4.52. The minimum absolute atomic E-state index is 0.284. The van der Waals surface area contributed by atoms with Gasteiger partial charge in [-0.05, 0) is 36.5 Å². The molecule has 2 rings (SSSR count). The van der Waals surface area contributed by atoms with Crippen LogP contribution in [0.1, 0.15) is 30.6 Å². The van der Waals surface area contributed by atoms with Gasteiger partial charge in [0.2, 0.25) is 0 Å². The molecular formula is C11H15N3S2. The standard InChI is InChI=1S/C11H15N3S2/c1-7(2)10(9-5-4-6-16-9)14-8(3)12-13-11(14)15/h4-7,10H,1-3H3,(H,13,15). The number of thiophene rings is 1. The van der Waals surface area contributed by atoms with Gasteiger partial charge in [0.25, 0.3) is 0 Å². The van der Waals surface area contributed by atoms with E-state index in [1.807, 2.05) is 6.92 Å². The van der Waals surface area contributed by atoms with Crippen molar-refractivity contribution in [3.8, 4) is 0 Å². The Morgan fingerprint density at radius 3 is 2.69 bits per heavy atom. The van der Waals surface area contributed by atoms with Gasteiger partial charge in [-0.3, -0.25) is 9.67 Å². The predicted molar refractivity (Wildman–Crippen MR) is 69.4 cm³/mol. The summed E-state index contributed by atoms with van der Waals surface area (Å²) < 4.78 is 2.80. The van der Waals surface area contributed by atoms with Crippen molar-refractivity contribution in [3.05, 3.63) is 33.0 Å². The molecule has 0 radical (unpaired) electrons. The molecule has 16 heavy (non-hydrogen) atoms. The molecule has 0 spiro atoms. The van der Waals surface area contributed by atoms with E-state index in [-0.39, 0.29) is 6.04 Å². The molecule has 86 valence electrons. The highest BCUT2D eigenvalue weighted by Crippen LogP contribution is 2.30. The highest BCUT2D eigenvalue weighted by atomic mass is 32.1. The minimum atomic E-state index is 0.284. The van der Waals surface area contributed by atoms with Gasteiger partial charge in [-0.2, -0.15) is 5.10 Å². The summed E-state index contributed by atoms with van der Waals surface area (Å²) >= 11 is 7.06. The number of H-pyrrole nitrogens is 1. The lowest BCUT2D eigenvalue weighted by molar-refractivity contribution is 0.431. The molecule has 1 atom stereocenters. The summed E-state index contributed by atoms with van der Waals surface area (Å²) in [5.41, 5.74) is 0. The highest BCUT2D eigenvalue weighted by molar-refractivity contribution is 7.71. The first-order chi connectivity index (χ1) is 7.61. The van der Waals surface area contributed by atoms with Crippen LogP contribution in [-0.4, -0.2) is 14.8 Å². The van der Waals surface area contributed by atoms with E-state index in [0.717, 1.165) is 5.82 Å². The number of aromatic nitrogens is 3. The zero-order valence-electron chi connectivity index (χ0n) is 9.60. The topological polar surface area (TPSA) is 33.6 Å². The van der Waals surface area contributed by atoms with Crippen molar-refractivity contribution in [2.75, 3.05) is 0 Å². The SMILES string of the molecule is Cc1n[nH]c(=S)n1C(c1cccs1)C(C)C. The van der Waals surface area contributed by atoms with Crippen LogP contribution in [0.5, 0.6) is 0 Å². The number of aromatic amines is 1. The lowest BCUT2D eigenvalue weighted by atomic mass is 10.0. The molecule has 0 aliphatic rings. The van der Waals surface area contributed by atoms with Gasteiger partial charge in [0.15, 0.2) is 4.77 Å². The second kappa shape index (κ2) is 4.51. The Hall–Kier alpha value is -0.940. The number of nitrogens with zero attached hydrogens (tertiary/aromatic N) is 2. The van der Waals surface area contributed by atoms with E-state index in [4.69, 9.17) is 12.2 Å². The van der Waals surface area contributed by atoms with E-state index in [0.29, 0.717) is 10.7 Å². The fourth-order valence-corrected chi connectivity index (χ4v) is 3.20. The smallest absolute Gasteiger partial charge is 0.195 e. The third-order valence-electron chi connectivity index (χ3n) is 2.63. The molecule has 3 nitrogen and oxygen atoms in total. The van der Waals surface area contributed by atoms with Gasteiger partial charge in [-0.25, -0.2) is 0 Å². The second-order valence-corrected chi connectivity index (χ2v) is 5.52. The quantitative estimate of drug-likeness (QED) is 0.849. The van der Waals surface area contributed by atoms with Gasteiger partial charge in [0.1, 0.15) is 5.82 Å². The van der Waals surface area contributed by atoms with Gasteiger partial charge >= 0.3 is 0 Å². The molecule has 2 aromatic heterocycles. The summed E-state index contributed by atoms with van der Waals surface area (Å²) in [4.78, 5) is 1.33. The minimum Gasteiger partial charge on any atom is -0.296 e. The van der Waals surface area contributed by atoms with E-state index >= 15 is 0 Å². The molecule has 2 aromatic rings. The third-order valence-corrected chi connectivity index (χ3v) is 3.86. The first-order valence-corrected chi connectivity index (χ1v) is 6.57.